The molecule has 1 aliphatic carbocycles. The lowest BCUT2D eigenvalue weighted by Crippen LogP contribution is -2.15. The van der Waals surface area contributed by atoms with Gasteiger partial charge in [0.2, 0.25) is 0 Å². The Kier molecular flexibility index (Phi) is 4.50. The van der Waals surface area contributed by atoms with Crippen molar-refractivity contribution in [1.29, 1.82) is 0 Å². The highest BCUT2D eigenvalue weighted by Crippen LogP contribution is 2.39. The molecule has 1 unspecified atom stereocenters. The lowest BCUT2D eigenvalue weighted by Gasteiger charge is -2.24. The molecule has 0 saturated heterocycles. The average Bonchev–Trinajstić information content (AvgIpc) is 2.83. The zero-order valence-corrected chi connectivity index (χ0v) is 14.2. The number of anilines is 1. The number of nitrogens with one attached hydrogen (secondary N) is 1. The van der Waals surface area contributed by atoms with Crippen LogP contribution in [-0.2, 0) is 6.42 Å². The minimum absolute atomic E-state index is 0.258. The van der Waals surface area contributed by atoms with Crippen molar-refractivity contribution in [2.45, 2.75) is 32.2 Å². The van der Waals surface area contributed by atoms with E-state index >= 15 is 0 Å². The predicted octanol–water partition coefficient (Wildman–Crippen LogP) is 5.54. The van der Waals surface area contributed by atoms with Crippen LogP contribution in [0.1, 0.15) is 36.2 Å². The summed E-state index contributed by atoms with van der Waals surface area (Å²) in [6.45, 7) is 2.32. The van der Waals surface area contributed by atoms with Gasteiger partial charge in [-0.1, -0.05) is 0 Å². The second-order valence-corrected chi connectivity index (χ2v) is 7.61. The summed E-state index contributed by atoms with van der Waals surface area (Å²) in [5, 5.41) is 3.45. The number of ether oxygens (including phenoxy) is 1. The number of hydrogen-bond donors (Lipinski definition) is 1. The molecule has 3 rings (SSSR count). The van der Waals surface area contributed by atoms with Crippen LogP contribution < -0.4 is 10.1 Å². The molecular formula is C16H17BrFNOS. The molecule has 21 heavy (non-hydrogen) atoms. The summed E-state index contributed by atoms with van der Waals surface area (Å²) in [7, 11) is 0. The van der Waals surface area contributed by atoms with Crippen molar-refractivity contribution in [3.63, 3.8) is 0 Å². The molecular weight excluding hydrogens is 353 g/mol. The number of hydrogen-bond acceptors (Lipinski definition) is 3. The molecule has 1 heterocycles. The lowest BCUT2D eigenvalue weighted by molar-refractivity contribution is 0.321. The molecule has 0 saturated carbocycles. The normalized spacial score (nSPS) is 17.4. The van der Waals surface area contributed by atoms with Crippen molar-refractivity contribution in [3.05, 3.63) is 44.3 Å². The molecule has 2 nitrogen and oxygen atoms in total. The topological polar surface area (TPSA) is 21.3 Å². The van der Waals surface area contributed by atoms with Gasteiger partial charge in [0.05, 0.1) is 16.4 Å². The SMILES string of the molecule is CCOc1ccc(NC2CCCc3sc(Br)cc32)cc1F. The monoisotopic (exact) mass is 369 g/mol. The number of halogens is 2. The molecule has 0 radical (unpaired) electrons. The van der Waals surface area contributed by atoms with E-state index in [1.54, 1.807) is 17.4 Å². The molecule has 0 bridgehead atoms. The maximum absolute atomic E-state index is 13.9. The van der Waals surface area contributed by atoms with E-state index in [1.165, 1.54) is 20.3 Å². The van der Waals surface area contributed by atoms with Crippen molar-refractivity contribution >= 4 is 33.0 Å². The van der Waals surface area contributed by atoms with Crippen LogP contribution in [0.5, 0.6) is 5.75 Å². The molecule has 0 amide bonds. The predicted molar refractivity (Wildman–Crippen MR) is 88.9 cm³/mol. The fourth-order valence-corrected chi connectivity index (χ4v) is 4.56. The van der Waals surface area contributed by atoms with E-state index in [4.69, 9.17) is 4.74 Å². The second kappa shape index (κ2) is 6.36. The highest BCUT2D eigenvalue weighted by molar-refractivity contribution is 9.11. The van der Waals surface area contributed by atoms with Gasteiger partial charge in [0.1, 0.15) is 0 Å². The molecule has 1 atom stereocenters. The molecule has 1 N–H and O–H groups in total. The molecule has 1 aromatic carbocycles. The van der Waals surface area contributed by atoms with Gasteiger partial charge < -0.3 is 10.1 Å². The second-order valence-electron chi connectivity index (χ2n) is 5.10. The maximum atomic E-state index is 13.9. The Labute approximate surface area is 136 Å². The fraction of sp³-hybridized carbons (Fsp3) is 0.375. The van der Waals surface area contributed by atoms with Gasteiger partial charge in [0, 0.05) is 16.6 Å². The van der Waals surface area contributed by atoms with Crippen molar-refractivity contribution in [2.24, 2.45) is 0 Å². The molecule has 0 spiro atoms. The first-order valence-corrected chi connectivity index (χ1v) is 8.75. The highest BCUT2D eigenvalue weighted by Gasteiger charge is 2.22. The maximum Gasteiger partial charge on any atom is 0.167 e. The summed E-state index contributed by atoms with van der Waals surface area (Å²) in [4.78, 5) is 1.43. The van der Waals surface area contributed by atoms with Crippen LogP contribution in [0.2, 0.25) is 0 Å². The summed E-state index contributed by atoms with van der Waals surface area (Å²) >= 11 is 5.36. The molecule has 0 fully saturated rings. The Morgan fingerprint density at radius 2 is 2.29 bits per heavy atom. The molecule has 1 aliphatic rings. The molecule has 2 aromatic rings. The van der Waals surface area contributed by atoms with E-state index in [2.05, 4.69) is 27.3 Å². The van der Waals surface area contributed by atoms with Crippen LogP contribution in [0.4, 0.5) is 10.1 Å². The average molecular weight is 370 g/mol. The van der Waals surface area contributed by atoms with Gasteiger partial charge in [-0.05, 0) is 65.9 Å². The van der Waals surface area contributed by atoms with Gasteiger partial charge in [0.15, 0.2) is 11.6 Å². The Morgan fingerprint density at radius 3 is 3.05 bits per heavy atom. The van der Waals surface area contributed by atoms with Gasteiger partial charge in [-0.15, -0.1) is 11.3 Å². The van der Waals surface area contributed by atoms with Gasteiger partial charge >= 0.3 is 0 Å². The van der Waals surface area contributed by atoms with E-state index in [-0.39, 0.29) is 11.9 Å². The van der Waals surface area contributed by atoms with Crippen LogP contribution >= 0.6 is 27.3 Å². The van der Waals surface area contributed by atoms with Gasteiger partial charge in [-0.3, -0.25) is 0 Å². The van der Waals surface area contributed by atoms with E-state index in [0.29, 0.717) is 12.4 Å². The van der Waals surface area contributed by atoms with Crippen molar-refractivity contribution in [2.75, 3.05) is 11.9 Å². The number of benzene rings is 1. The van der Waals surface area contributed by atoms with Crippen LogP contribution in [0.3, 0.4) is 0 Å². The lowest BCUT2D eigenvalue weighted by atomic mass is 9.94. The van der Waals surface area contributed by atoms with Gasteiger partial charge in [-0.2, -0.15) is 0 Å². The first-order valence-electron chi connectivity index (χ1n) is 7.14. The van der Waals surface area contributed by atoms with Gasteiger partial charge in [-0.25, -0.2) is 4.39 Å². The standard InChI is InChI=1S/C16H17BrFNOS/c1-2-20-14-7-6-10(8-12(14)18)19-13-4-3-5-15-11(13)9-16(17)21-15/h6-9,13,19H,2-5H2,1H3. The van der Waals surface area contributed by atoms with E-state index in [9.17, 15) is 4.39 Å². The van der Waals surface area contributed by atoms with Crippen molar-refractivity contribution in [1.82, 2.24) is 0 Å². The van der Waals surface area contributed by atoms with Crippen LogP contribution in [0, 0.1) is 5.82 Å². The molecule has 112 valence electrons. The first kappa shape index (κ1) is 14.9. The van der Waals surface area contributed by atoms with E-state index < -0.39 is 0 Å². The zero-order chi connectivity index (χ0) is 14.8. The molecule has 5 heteroatoms. The number of rotatable bonds is 4. The number of aryl methyl sites for hydroxylation is 1. The van der Waals surface area contributed by atoms with Crippen LogP contribution in [0.15, 0.2) is 28.1 Å². The third kappa shape index (κ3) is 3.24. The smallest absolute Gasteiger partial charge is 0.167 e. The first-order chi connectivity index (χ1) is 10.2. The summed E-state index contributed by atoms with van der Waals surface area (Å²) in [5.74, 6) is -0.00459. The third-order valence-electron chi connectivity index (χ3n) is 3.66. The van der Waals surface area contributed by atoms with Crippen LogP contribution in [0.25, 0.3) is 0 Å². The third-order valence-corrected chi connectivity index (χ3v) is 5.37. The van der Waals surface area contributed by atoms with E-state index in [0.717, 1.165) is 24.9 Å². The van der Waals surface area contributed by atoms with Gasteiger partial charge in [0.25, 0.3) is 0 Å². The van der Waals surface area contributed by atoms with Crippen molar-refractivity contribution < 1.29 is 9.13 Å². The fourth-order valence-electron chi connectivity index (χ4n) is 2.74. The molecule has 0 aliphatic heterocycles. The minimum atomic E-state index is -0.315. The van der Waals surface area contributed by atoms with Crippen molar-refractivity contribution in [3.8, 4) is 5.75 Å². The quantitative estimate of drug-likeness (QED) is 0.763. The van der Waals surface area contributed by atoms with E-state index in [1.807, 2.05) is 13.0 Å². The largest absolute Gasteiger partial charge is 0.491 e. The summed E-state index contributed by atoms with van der Waals surface area (Å²) < 4.78 is 20.3. The Bertz CT molecular complexity index is 643. The Morgan fingerprint density at radius 1 is 1.43 bits per heavy atom. The number of fused-ring (bicyclic) bond motifs is 1. The minimum Gasteiger partial charge on any atom is -0.491 e. The number of thiophene rings is 1. The Balaban J connectivity index is 1.80. The summed E-state index contributed by atoms with van der Waals surface area (Å²) in [5.41, 5.74) is 2.14. The highest BCUT2D eigenvalue weighted by atomic mass is 79.9. The zero-order valence-electron chi connectivity index (χ0n) is 11.8. The molecule has 1 aromatic heterocycles. The summed E-state index contributed by atoms with van der Waals surface area (Å²) in [6, 6.07) is 7.52. The summed E-state index contributed by atoms with van der Waals surface area (Å²) in [6.07, 6.45) is 3.38. The van der Waals surface area contributed by atoms with Crippen LogP contribution in [-0.4, -0.2) is 6.61 Å². The Hall–Kier alpha value is -1.07.